The van der Waals surface area contributed by atoms with Crippen LogP contribution in [0.1, 0.15) is 27.8 Å². The van der Waals surface area contributed by atoms with Crippen LogP contribution in [0.5, 0.6) is 0 Å². The van der Waals surface area contributed by atoms with Crippen LogP contribution in [-0.2, 0) is 11.3 Å². The highest BCUT2D eigenvalue weighted by atomic mass is 19.3. The van der Waals surface area contributed by atoms with Crippen LogP contribution < -0.4 is 0 Å². The van der Waals surface area contributed by atoms with Gasteiger partial charge in [0.1, 0.15) is 12.3 Å². The van der Waals surface area contributed by atoms with Gasteiger partial charge in [-0.3, -0.25) is 4.79 Å². The first-order valence-electron chi connectivity index (χ1n) is 5.22. The summed E-state index contributed by atoms with van der Waals surface area (Å²) in [6, 6.07) is 1.25. The summed E-state index contributed by atoms with van der Waals surface area (Å²) < 4.78 is 29.6. The summed E-state index contributed by atoms with van der Waals surface area (Å²) in [5.41, 5.74) is 0.196. The Labute approximate surface area is 102 Å². The Bertz CT molecular complexity index is 442. The number of Topliss-reactive ketones (excluding diaryl/α,β-unsaturated/α-hetero) is 1. The van der Waals surface area contributed by atoms with Crippen molar-refractivity contribution in [3.8, 4) is 0 Å². The number of halogens is 2. The highest BCUT2D eigenvalue weighted by Gasteiger charge is 2.14. The second kappa shape index (κ2) is 6.25. The van der Waals surface area contributed by atoms with Gasteiger partial charge in [-0.25, -0.2) is 13.6 Å². The van der Waals surface area contributed by atoms with Crippen molar-refractivity contribution in [3.05, 3.63) is 23.5 Å². The Morgan fingerprint density at radius 2 is 2.17 bits per heavy atom. The molecule has 0 fully saturated rings. The Morgan fingerprint density at radius 1 is 1.50 bits per heavy atom. The third-order valence-corrected chi connectivity index (χ3v) is 2.24. The molecule has 0 saturated heterocycles. The van der Waals surface area contributed by atoms with E-state index in [0.717, 1.165) is 0 Å². The molecule has 1 rings (SSSR count). The van der Waals surface area contributed by atoms with Gasteiger partial charge < -0.3 is 14.4 Å². The molecule has 0 saturated carbocycles. The molecule has 100 valence electrons. The van der Waals surface area contributed by atoms with Gasteiger partial charge in [-0.2, -0.15) is 0 Å². The number of hydrogen-bond donors (Lipinski definition) is 1. The minimum Gasteiger partial charge on any atom is -0.477 e. The fourth-order valence-electron chi connectivity index (χ4n) is 1.40. The summed E-state index contributed by atoms with van der Waals surface area (Å²) in [4.78, 5) is 22.0. The highest BCUT2D eigenvalue weighted by molar-refractivity contribution is 5.97. The lowest BCUT2D eigenvalue weighted by atomic mass is 10.2. The zero-order chi connectivity index (χ0) is 13.7. The minimum absolute atomic E-state index is 0.0450. The number of ketones is 1. The maximum Gasteiger partial charge on any atom is 0.352 e. The molecule has 0 aliphatic rings. The molecule has 0 unspecified atom stereocenters. The minimum atomic E-state index is -2.55. The predicted molar refractivity (Wildman–Crippen MR) is 58.2 cm³/mol. The topological polar surface area (TPSA) is 68.5 Å². The van der Waals surface area contributed by atoms with Gasteiger partial charge in [0.05, 0.1) is 6.61 Å². The molecule has 1 aromatic rings. The van der Waals surface area contributed by atoms with Crippen LogP contribution in [0.15, 0.2) is 12.3 Å². The number of alkyl halides is 2. The zero-order valence-electron chi connectivity index (χ0n) is 9.73. The van der Waals surface area contributed by atoms with Gasteiger partial charge in [0.15, 0.2) is 5.78 Å². The number of aromatic nitrogens is 1. The lowest BCUT2D eigenvalue weighted by Crippen LogP contribution is -2.13. The average Bonchev–Trinajstić information content (AvgIpc) is 2.68. The number of carboxylic acids is 1. The molecular weight excluding hydrogens is 248 g/mol. The second-order valence-electron chi connectivity index (χ2n) is 3.63. The van der Waals surface area contributed by atoms with Crippen molar-refractivity contribution in [1.29, 1.82) is 0 Å². The lowest BCUT2D eigenvalue weighted by molar-refractivity contribution is 0.0144. The maximum atomic E-state index is 11.8. The third-order valence-electron chi connectivity index (χ3n) is 2.24. The molecule has 0 aliphatic carbocycles. The molecule has 0 aromatic carbocycles. The standard InChI is InChI=1S/C11H13F2NO4/c1-7(15)8-4-9(11(16)17)14(5-8)2-3-18-6-10(12)13/h4-5,10H,2-3,6H2,1H3,(H,16,17). The molecule has 1 N–H and O–H groups in total. The molecule has 5 nitrogen and oxygen atoms in total. The summed E-state index contributed by atoms with van der Waals surface area (Å²) in [5, 5.41) is 8.91. The second-order valence-corrected chi connectivity index (χ2v) is 3.63. The number of nitrogens with zero attached hydrogens (tertiary/aromatic N) is 1. The van der Waals surface area contributed by atoms with Gasteiger partial charge in [0.25, 0.3) is 6.43 Å². The van der Waals surface area contributed by atoms with Crippen LogP contribution in [-0.4, -0.2) is 41.1 Å². The van der Waals surface area contributed by atoms with Crippen molar-refractivity contribution in [2.75, 3.05) is 13.2 Å². The number of hydrogen-bond acceptors (Lipinski definition) is 3. The molecule has 0 atom stereocenters. The summed E-state index contributed by atoms with van der Waals surface area (Å²) in [6.07, 6.45) is -1.18. The molecular formula is C11H13F2NO4. The van der Waals surface area contributed by atoms with Crippen LogP contribution in [0.25, 0.3) is 0 Å². The average molecular weight is 261 g/mol. The van der Waals surface area contributed by atoms with E-state index in [4.69, 9.17) is 5.11 Å². The largest absolute Gasteiger partial charge is 0.477 e. The number of ether oxygens (including phenoxy) is 1. The Kier molecular flexibility index (Phi) is 4.96. The van der Waals surface area contributed by atoms with E-state index >= 15 is 0 Å². The third kappa shape index (κ3) is 3.92. The number of rotatable bonds is 7. The maximum absolute atomic E-state index is 11.8. The molecule has 0 radical (unpaired) electrons. The molecule has 7 heteroatoms. The van der Waals surface area contributed by atoms with Crippen molar-refractivity contribution >= 4 is 11.8 Å². The monoisotopic (exact) mass is 261 g/mol. The molecule has 18 heavy (non-hydrogen) atoms. The van der Waals surface area contributed by atoms with Crippen LogP contribution in [0.4, 0.5) is 8.78 Å². The summed E-state index contributed by atoms with van der Waals surface area (Å²) in [5.74, 6) is -1.44. The Balaban J connectivity index is 2.68. The molecule has 1 heterocycles. The van der Waals surface area contributed by atoms with E-state index in [1.54, 1.807) is 0 Å². The van der Waals surface area contributed by atoms with Gasteiger partial charge in [0.2, 0.25) is 0 Å². The molecule has 1 aromatic heterocycles. The van der Waals surface area contributed by atoms with Gasteiger partial charge in [-0.1, -0.05) is 0 Å². The van der Waals surface area contributed by atoms with Crippen molar-refractivity contribution < 1.29 is 28.2 Å². The quantitative estimate of drug-likeness (QED) is 0.598. The van der Waals surface area contributed by atoms with E-state index in [1.807, 2.05) is 0 Å². The van der Waals surface area contributed by atoms with E-state index in [1.165, 1.54) is 23.8 Å². The summed E-state index contributed by atoms with van der Waals surface area (Å²) in [6.45, 7) is 0.681. The van der Waals surface area contributed by atoms with Gasteiger partial charge in [-0.15, -0.1) is 0 Å². The summed E-state index contributed by atoms with van der Waals surface area (Å²) >= 11 is 0. The van der Waals surface area contributed by atoms with E-state index in [2.05, 4.69) is 4.74 Å². The first-order valence-corrected chi connectivity index (χ1v) is 5.22. The molecule has 0 spiro atoms. The lowest BCUT2D eigenvalue weighted by Gasteiger charge is -2.06. The normalized spacial score (nSPS) is 10.9. The van der Waals surface area contributed by atoms with E-state index < -0.39 is 19.0 Å². The SMILES string of the molecule is CC(=O)c1cc(C(=O)O)n(CCOCC(F)F)c1. The molecule has 0 amide bonds. The molecule has 0 bridgehead atoms. The molecule has 0 aliphatic heterocycles. The van der Waals surface area contributed by atoms with Crippen molar-refractivity contribution in [2.45, 2.75) is 19.9 Å². The first-order chi connectivity index (χ1) is 8.41. The van der Waals surface area contributed by atoms with Crippen molar-refractivity contribution in [1.82, 2.24) is 4.57 Å². The van der Waals surface area contributed by atoms with E-state index in [0.29, 0.717) is 0 Å². The van der Waals surface area contributed by atoms with Gasteiger partial charge in [-0.05, 0) is 13.0 Å². The van der Waals surface area contributed by atoms with Crippen LogP contribution in [0.2, 0.25) is 0 Å². The zero-order valence-corrected chi connectivity index (χ0v) is 9.73. The van der Waals surface area contributed by atoms with E-state index in [-0.39, 0.29) is 30.2 Å². The fourth-order valence-corrected chi connectivity index (χ4v) is 1.40. The number of carbonyl (C=O) groups excluding carboxylic acids is 1. The van der Waals surface area contributed by atoms with Crippen molar-refractivity contribution in [3.63, 3.8) is 0 Å². The highest BCUT2D eigenvalue weighted by Crippen LogP contribution is 2.10. The summed E-state index contributed by atoms with van der Waals surface area (Å²) in [7, 11) is 0. The Hall–Kier alpha value is -1.76. The first kappa shape index (κ1) is 14.3. The predicted octanol–water partition coefficient (Wildman–Crippen LogP) is 1.67. The number of carboxylic acid groups (broad SMARTS) is 1. The van der Waals surface area contributed by atoms with Gasteiger partial charge >= 0.3 is 5.97 Å². The fraction of sp³-hybridized carbons (Fsp3) is 0.455. The van der Waals surface area contributed by atoms with Crippen molar-refractivity contribution in [2.24, 2.45) is 0 Å². The van der Waals surface area contributed by atoms with Crippen LogP contribution in [0, 0.1) is 0 Å². The number of aromatic carboxylic acids is 1. The Morgan fingerprint density at radius 3 is 2.67 bits per heavy atom. The van der Waals surface area contributed by atoms with Crippen LogP contribution >= 0.6 is 0 Å². The van der Waals surface area contributed by atoms with E-state index in [9.17, 15) is 18.4 Å². The smallest absolute Gasteiger partial charge is 0.352 e. The number of carbonyl (C=O) groups is 2. The van der Waals surface area contributed by atoms with Gasteiger partial charge in [0, 0.05) is 18.3 Å². The van der Waals surface area contributed by atoms with Crippen LogP contribution in [0.3, 0.4) is 0 Å².